The number of methoxy groups -OCH3 is 1. The number of benzene rings is 1. The lowest BCUT2D eigenvalue weighted by Gasteiger charge is -2.28. The summed E-state index contributed by atoms with van der Waals surface area (Å²) in [7, 11) is 1.38. The van der Waals surface area contributed by atoms with E-state index in [1.54, 1.807) is 6.07 Å². The number of aryl methyl sites for hydroxylation is 1. The molecule has 0 amide bonds. The molecule has 3 nitrogen and oxygen atoms in total. The highest BCUT2D eigenvalue weighted by atomic mass is 79.9. The number of halogens is 1. The van der Waals surface area contributed by atoms with Gasteiger partial charge in [0.1, 0.15) is 11.3 Å². The summed E-state index contributed by atoms with van der Waals surface area (Å²) in [6, 6.07) is 3.69. The lowest BCUT2D eigenvalue weighted by atomic mass is 9.96. The smallest absolute Gasteiger partial charge is 0.341 e. The fourth-order valence-electron chi connectivity index (χ4n) is 1.80. The van der Waals surface area contributed by atoms with Gasteiger partial charge in [0, 0.05) is 4.47 Å². The van der Waals surface area contributed by atoms with Crippen LogP contribution in [-0.4, -0.2) is 19.2 Å². The van der Waals surface area contributed by atoms with Crippen LogP contribution in [0.25, 0.3) is 0 Å². The van der Waals surface area contributed by atoms with E-state index in [0.29, 0.717) is 11.3 Å². The summed E-state index contributed by atoms with van der Waals surface area (Å²) in [6.07, 6.45) is 3.58. The molecule has 0 heterocycles. The molecule has 0 N–H and O–H groups in total. The van der Waals surface area contributed by atoms with Crippen molar-refractivity contribution in [3.05, 3.63) is 27.7 Å². The molecule has 1 aromatic carbocycles. The Balaban J connectivity index is 0.000000921. The van der Waals surface area contributed by atoms with E-state index in [9.17, 15) is 4.79 Å². The van der Waals surface area contributed by atoms with E-state index in [1.807, 2.05) is 40.7 Å². The Morgan fingerprint density at radius 3 is 2.19 bits per heavy atom. The van der Waals surface area contributed by atoms with E-state index in [-0.39, 0.29) is 12.1 Å². The predicted octanol–water partition coefficient (Wildman–Crippen LogP) is 5.53. The Bertz CT molecular complexity index is 440. The molecule has 2 rings (SSSR count). The van der Waals surface area contributed by atoms with Crippen LogP contribution < -0.4 is 4.74 Å². The van der Waals surface area contributed by atoms with Gasteiger partial charge in [0.15, 0.2) is 0 Å². The number of esters is 1. The first-order valence-corrected chi connectivity index (χ1v) is 8.46. The van der Waals surface area contributed by atoms with E-state index in [4.69, 9.17) is 9.47 Å². The van der Waals surface area contributed by atoms with Crippen molar-refractivity contribution in [3.8, 4) is 5.75 Å². The number of hydrogen-bond acceptors (Lipinski definition) is 3. The maximum Gasteiger partial charge on any atom is 0.341 e. The van der Waals surface area contributed by atoms with E-state index >= 15 is 0 Å². The molecule has 0 atom stereocenters. The van der Waals surface area contributed by atoms with Gasteiger partial charge in [0.05, 0.1) is 13.2 Å². The topological polar surface area (TPSA) is 35.5 Å². The van der Waals surface area contributed by atoms with Crippen LogP contribution in [0, 0.1) is 6.92 Å². The Labute approximate surface area is 137 Å². The Morgan fingerprint density at radius 1 is 1.19 bits per heavy atom. The average molecular weight is 359 g/mol. The molecule has 0 unspecified atom stereocenters. The molecule has 0 spiro atoms. The number of rotatable bonds is 3. The standard InChI is InChI=1S/C13H15BrO3.2C2H6/c1-8-6-9(14)7-11(13(15)16-2)12(8)17-10-4-3-5-10;2*1-2/h6-7,10H,3-5H2,1-2H3;2*1-2H3. The van der Waals surface area contributed by atoms with Crippen molar-refractivity contribution >= 4 is 21.9 Å². The van der Waals surface area contributed by atoms with Gasteiger partial charge < -0.3 is 9.47 Å². The molecule has 21 heavy (non-hydrogen) atoms. The number of hydrogen-bond donors (Lipinski definition) is 0. The minimum Gasteiger partial charge on any atom is -0.489 e. The van der Waals surface area contributed by atoms with Crippen molar-refractivity contribution in [1.29, 1.82) is 0 Å². The molecule has 1 aromatic rings. The van der Waals surface area contributed by atoms with Crippen molar-refractivity contribution in [1.82, 2.24) is 0 Å². The molecule has 1 aliphatic carbocycles. The van der Waals surface area contributed by atoms with Gasteiger partial charge in [0.25, 0.3) is 0 Å². The largest absolute Gasteiger partial charge is 0.489 e. The van der Waals surface area contributed by atoms with Crippen LogP contribution in [0.3, 0.4) is 0 Å². The van der Waals surface area contributed by atoms with E-state index in [0.717, 1.165) is 22.9 Å². The second kappa shape index (κ2) is 10.7. The minimum atomic E-state index is -0.358. The van der Waals surface area contributed by atoms with Crippen molar-refractivity contribution in [2.75, 3.05) is 7.11 Å². The summed E-state index contributed by atoms with van der Waals surface area (Å²) >= 11 is 3.38. The Hall–Kier alpha value is -1.03. The van der Waals surface area contributed by atoms with Crippen molar-refractivity contribution < 1.29 is 14.3 Å². The van der Waals surface area contributed by atoms with Gasteiger partial charge in [-0.1, -0.05) is 43.6 Å². The highest BCUT2D eigenvalue weighted by Gasteiger charge is 2.24. The minimum absolute atomic E-state index is 0.248. The van der Waals surface area contributed by atoms with Crippen molar-refractivity contribution in [3.63, 3.8) is 0 Å². The van der Waals surface area contributed by atoms with Crippen LogP contribution in [0.5, 0.6) is 5.75 Å². The van der Waals surface area contributed by atoms with Crippen LogP contribution in [0.1, 0.15) is 62.9 Å². The van der Waals surface area contributed by atoms with Gasteiger partial charge in [-0.3, -0.25) is 0 Å². The molecule has 0 aliphatic heterocycles. The third-order valence-corrected chi connectivity index (χ3v) is 3.44. The molecule has 0 saturated heterocycles. The summed E-state index contributed by atoms with van der Waals surface area (Å²) in [5.41, 5.74) is 1.44. The molecule has 0 bridgehead atoms. The van der Waals surface area contributed by atoms with E-state index in [1.165, 1.54) is 13.5 Å². The molecule has 1 fully saturated rings. The van der Waals surface area contributed by atoms with Crippen molar-refractivity contribution in [2.45, 2.75) is 60.0 Å². The number of carbonyl (C=O) groups is 1. The Morgan fingerprint density at radius 2 is 1.76 bits per heavy atom. The first kappa shape index (κ1) is 20.0. The molecular formula is C17H27BrO3. The third kappa shape index (κ3) is 5.70. The summed E-state index contributed by atoms with van der Waals surface area (Å²) in [5.74, 6) is 0.300. The zero-order valence-corrected chi connectivity index (χ0v) is 15.5. The van der Waals surface area contributed by atoms with Crippen molar-refractivity contribution in [2.24, 2.45) is 0 Å². The fourth-order valence-corrected chi connectivity index (χ4v) is 2.38. The molecule has 4 heteroatoms. The lowest BCUT2D eigenvalue weighted by molar-refractivity contribution is 0.0584. The van der Waals surface area contributed by atoms with Gasteiger partial charge in [-0.05, 0) is 43.9 Å². The molecule has 120 valence electrons. The van der Waals surface area contributed by atoms with Gasteiger partial charge in [-0.25, -0.2) is 4.79 Å². The maximum absolute atomic E-state index is 11.7. The third-order valence-electron chi connectivity index (χ3n) is 2.98. The summed E-state index contributed by atoms with van der Waals surface area (Å²) < 4.78 is 11.5. The quantitative estimate of drug-likeness (QED) is 0.666. The maximum atomic E-state index is 11.7. The van der Waals surface area contributed by atoms with Crippen LogP contribution in [0.4, 0.5) is 0 Å². The fraction of sp³-hybridized carbons (Fsp3) is 0.588. The van der Waals surface area contributed by atoms with Crippen LogP contribution in [-0.2, 0) is 4.74 Å². The normalized spacial score (nSPS) is 12.9. The molecule has 0 radical (unpaired) electrons. The van der Waals surface area contributed by atoms with E-state index in [2.05, 4.69) is 15.9 Å². The molecule has 1 saturated carbocycles. The van der Waals surface area contributed by atoms with Crippen LogP contribution in [0.2, 0.25) is 0 Å². The van der Waals surface area contributed by atoms with E-state index < -0.39 is 0 Å². The number of ether oxygens (including phenoxy) is 2. The SMILES string of the molecule is CC.CC.COC(=O)c1cc(Br)cc(C)c1OC1CCC1. The first-order chi connectivity index (χ1) is 10.1. The summed E-state index contributed by atoms with van der Waals surface area (Å²) in [4.78, 5) is 11.7. The molecule has 1 aliphatic rings. The van der Waals surface area contributed by atoms with Gasteiger partial charge in [-0.2, -0.15) is 0 Å². The highest BCUT2D eigenvalue weighted by Crippen LogP contribution is 2.33. The van der Waals surface area contributed by atoms with Crippen LogP contribution >= 0.6 is 15.9 Å². The second-order valence-corrected chi connectivity index (χ2v) is 5.18. The molecule has 0 aromatic heterocycles. The zero-order chi connectivity index (χ0) is 16.4. The van der Waals surface area contributed by atoms with Gasteiger partial charge >= 0.3 is 5.97 Å². The predicted molar refractivity (Wildman–Crippen MR) is 91.2 cm³/mol. The Kier molecular flexibility index (Phi) is 10.1. The van der Waals surface area contributed by atoms with Crippen LogP contribution in [0.15, 0.2) is 16.6 Å². The highest BCUT2D eigenvalue weighted by molar-refractivity contribution is 9.10. The second-order valence-electron chi connectivity index (χ2n) is 4.26. The lowest BCUT2D eigenvalue weighted by Crippen LogP contribution is -2.26. The average Bonchev–Trinajstić information content (AvgIpc) is 2.47. The summed E-state index contributed by atoms with van der Waals surface area (Å²) in [5, 5.41) is 0. The van der Waals surface area contributed by atoms with Gasteiger partial charge in [0.2, 0.25) is 0 Å². The monoisotopic (exact) mass is 358 g/mol. The summed E-state index contributed by atoms with van der Waals surface area (Å²) in [6.45, 7) is 9.94. The number of carbonyl (C=O) groups excluding carboxylic acids is 1. The molecular weight excluding hydrogens is 332 g/mol. The first-order valence-electron chi connectivity index (χ1n) is 7.67. The van der Waals surface area contributed by atoms with Gasteiger partial charge in [-0.15, -0.1) is 0 Å². The zero-order valence-electron chi connectivity index (χ0n) is 14.0.